The molecule has 0 aromatic heterocycles. The van der Waals surface area contributed by atoms with Gasteiger partial charge in [-0.1, -0.05) is 30.3 Å². The van der Waals surface area contributed by atoms with Crippen LogP contribution in [-0.2, 0) is 4.79 Å². The molecule has 0 fully saturated rings. The van der Waals surface area contributed by atoms with Crippen LogP contribution >= 0.6 is 0 Å². The first-order valence-electron chi connectivity index (χ1n) is 6.77. The van der Waals surface area contributed by atoms with Gasteiger partial charge in [-0.25, -0.2) is 0 Å². The van der Waals surface area contributed by atoms with E-state index in [2.05, 4.69) is 0 Å². The topological polar surface area (TPSA) is 66.6 Å². The number of nitrogens with zero attached hydrogens (tertiary/aromatic N) is 1. The molecule has 0 aliphatic rings. The summed E-state index contributed by atoms with van der Waals surface area (Å²) in [7, 11) is 0. The van der Waals surface area contributed by atoms with Gasteiger partial charge in [0.05, 0.1) is 6.61 Å². The molecule has 106 valence electrons. The zero-order valence-corrected chi connectivity index (χ0v) is 11.7. The minimum atomic E-state index is -0.117. The number of hydrogen-bond acceptors (Lipinski definition) is 3. The molecular formula is C15H24N2O2. The third-order valence-corrected chi connectivity index (χ3v) is 3.18. The number of nitrogens with two attached hydrogens (primary N) is 1. The van der Waals surface area contributed by atoms with Gasteiger partial charge in [0.1, 0.15) is 0 Å². The largest absolute Gasteiger partial charge is 0.395 e. The van der Waals surface area contributed by atoms with Gasteiger partial charge in [0.15, 0.2) is 0 Å². The molecule has 0 aliphatic carbocycles. The van der Waals surface area contributed by atoms with Crippen molar-refractivity contribution in [1.82, 2.24) is 4.90 Å². The molecule has 1 aromatic rings. The van der Waals surface area contributed by atoms with Gasteiger partial charge < -0.3 is 15.7 Å². The fourth-order valence-corrected chi connectivity index (χ4v) is 2.07. The van der Waals surface area contributed by atoms with Gasteiger partial charge in [0.2, 0.25) is 5.91 Å². The summed E-state index contributed by atoms with van der Waals surface area (Å²) in [5.41, 5.74) is 7.12. The average molecular weight is 264 g/mol. The van der Waals surface area contributed by atoms with Crippen molar-refractivity contribution in [3.63, 3.8) is 0 Å². The van der Waals surface area contributed by atoms with E-state index in [9.17, 15) is 4.79 Å². The molecule has 3 N–H and O–H groups in total. The Hall–Kier alpha value is -1.39. The molecule has 0 radical (unpaired) electrons. The highest BCUT2D eigenvalue weighted by Gasteiger charge is 2.17. The maximum Gasteiger partial charge on any atom is 0.222 e. The fraction of sp³-hybridized carbons (Fsp3) is 0.533. The van der Waals surface area contributed by atoms with Gasteiger partial charge in [-0.3, -0.25) is 4.79 Å². The lowest BCUT2D eigenvalue weighted by Crippen LogP contribution is -2.39. The van der Waals surface area contributed by atoms with E-state index in [1.54, 1.807) is 4.90 Å². The quantitative estimate of drug-likeness (QED) is 0.787. The summed E-state index contributed by atoms with van der Waals surface area (Å²) in [5.74, 6) is 0.0513. The molecule has 0 spiro atoms. The summed E-state index contributed by atoms with van der Waals surface area (Å²) in [5, 5.41) is 8.97. The van der Waals surface area contributed by atoms with Crippen LogP contribution in [0.15, 0.2) is 30.3 Å². The van der Waals surface area contributed by atoms with Crippen molar-refractivity contribution >= 4 is 5.91 Å². The third kappa shape index (κ3) is 5.01. The van der Waals surface area contributed by atoms with Crippen molar-refractivity contribution < 1.29 is 9.90 Å². The van der Waals surface area contributed by atoms with Crippen LogP contribution in [0.4, 0.5) is 0 Å². The summed E-state index contributed by atoms with van der Waals surface area (Å²) in [4.78, 5) is 13.8. The maximum absolute atomic E-state index is 12.1. The van der Waals surface area contributed by atoms with Crippen molar-refractivity contribution in [1.29, 1.82) is 0 Å². The molecule has 0 bridgehead atoms. The Bertz CT molecular complexity index is 379. The first kappa shape index (κ1) is 15.7. The van der Waals surface area contributed by atoms with Crippen molar-refractivity contribution in [3.05, 3.63) is 35.9 Å². The van der Waals surface area contributed by atoms with Gasteiger partial charge in [-0.05, 0) is 25.8 Å². The van der Waals surface area contributed by atoms with Gasteiger partial charge in [-0.15, -0.1) is 0 Å². The molecule has 19 heavy (non-hydrogen) atoms. The Balaban J connectivity index is 2.49. The van der Waals surface area contributed by atoms with Gasteiger partial charge in [0.25, 0.3) is 0 Å². The monoisotopic (exact) mass is 264 g/mol. The molecule has 0 saturated heterocycles. The number of amides is 1. The predicted molar refractivity (Wildman–Crippen MR) is 76.5 cm³/mol. The van der Waals surface area contributed by atoms with Crippen LogP contribution in [0.25, 0.3) is 0 Å². The number of carbonyl (C=O) groups is 1. The molecule has 4 heteroatoms. The van der Waals surface area contributed by atoms with E-state index in [4.69, 9.17) is 10.8 Å². The number of rotatable bonds is 7. The van der Waals surface area contributed by atoms with Gasteiger partial charge >= 0.3 is 0 Å². The van der Waals surface area contributed by atoms with Crippen LogP contribution in [0.3, 0.4) is 0 Å². The van der Waals surface area contributed by atoms with Crippen LogP contribution in [0.1, 0.15) is 38.3 Å². The lowest BCUT2D eigenvalue weighted by atomic mass is 10.0. The minimum absolute atomic E-state index is 0.00530. The summed E-state index contributed by atoms with van der Waals surface area (Å²) < 4.78 is 0. The molecular weight excluding hydrogens is 240 g/mol. The number of benzene rings is 1. The molecule has 0 saturated carbocycles. The summed E-state index contributed by atoms with van der Waals surface area (Å²) in [6.07, 6.45) is 1.03. The van der Waals surface area contributed by atoms with Crippen molar-refractivity contribution in [2.75, 3.05) is 13.2 Å². The maximum atomic E-state index is 12.1. The van der Waals surface area contributed by atoms with E-state index in [1.807, 2.05) is 44.2 Å². The molecule has 0 heterocycles. The standard InChI is InChI=1S/C15H24N2O2/c1-12(2)17(10-11-18)15(19)9-8-14(16)13-6-4-3-5-7-13/h3-7,12,14,18H,8-11,16H2,1-2H3. The SMILES string of the molecule is CC(C)N(CCO)C(=O)CCC(N)c1ccccc1. The van der Waals surface area contributed by atoms with Crippen LogP contribution in [0, 0.1) is 0 Å². The van der Waals surface area contributed by atoms with Crippen molar-refractivity contribution in [2.24, 2.45) is 5.73 Å². The van der Waals surface area contributed by atoms with Gasteiger partial charge in [0, 0.05) is 25.0 Å². The zero-order chi connectivity index (χ0) is 14.3. The average Bonchev–Trinajstić information content (AvgIpc) is 2.42. The molecule has 1 rings (SSSR count). The second-order valence-corrected chi connectivity index (χ2v) is 4.96. The van der Waals surface area contributed by atoms with E-state index in [1.165, 1.54) is 0 Å². The van der Waals surface area contributed by atoms with Gasteiger partial charge in [-0.2, -0.15) is 0 Å². The van der Waals surface area contributed by atoms with Crippen molar-refractivity contribution in [3.8, 4) is 0 Å². The summed E-state index contributed by atoms with van der Waals surface area (Å²) >= 11 is 0. The Morgan fingerprint density at radius 2 is 1.95 bits per heavy atom. The molecule has 1 atom stereocenters. The van der Waals surface area contributed by atoms with E-state index in [-0.39, 0.29) is 24.6 Å². The number of aliphatic hydroxyl groups is 1. The number of hydrogen-bond donors (Lipinski definition) is 2. The van der Waals surface area contributed by atoms with E-state index in [0.29, 0.717) is 19.4 Å². The second-order valence-electron chi connectivity index (χ2n) is 4.96. The number of aliphatic hydroxyl groups excluding tert-OH is 1. The Labute approximate surface area is 115 Å². The van der Waals surface area contributed by atoms with Crippen LogP contribution in [0.5, 0.6) is 0 Å². The normalized spacial score (nSPS) is 12.5. The minimum Gasteiger partial charge on any atom is -0.395 e. The van der Waals surface area contributed by atoms with Crippen LogP contribution < -0.4 is 5.73 Å². The van der Waals surface area contributed by atoms with E-state index in [0.717, 1.165) is 5.56 Å². The van der Waals surface area contributed by atoms with E-state index >= 15 is 0 Å². The molecule has 1 aromatic carbocycles. The summed E-state index contributed by atoms with van der Waals surface area (Å²) in [6.45, 7) is 4.28. The smallest absolute Gasteiger partial charge is 0.222 e. The zero-order valence-electron chi connectivity index (χ0n) is 11.7. The third-order valence-electron chi connectivity index (χ3n) is 3.18. The van der Waals surface area contributed by atoms with Crippen LogP contribution in [-0.4, -0.2) is 35.1 Å². The highest BCUT2D eigenvalue weighted by molar-refractivity contribution is 5.76. The Morgan fingerprint density at radius 3 is 2.47 bits per heavy atom. The highest BCUT2D eigenvalue weighted by atomic mass is 16.3. The first-order chi connectivity index (χ1) is 9.06. The fourth-order valence-electron chi connectivity index (χ4n) is 2.07. The highest BCUT2D eigenvalue weighted by Crippen LogP contribution is 2.16. The Kier molecular flexibility index (Phi) is 6.53. The summed E-state index contributed by atoms with van der Waals surface area (Å²) in [6, 6.07) is 9.78. The predicted octanol–water partition coefficient (Wildman–Crippen LogP) is 1.70. The lowest BCUT2D eigenvalue weighted by molar-refractivity contribution is -0.133. The van der Waals surface area contributed by atoms with Crippen molar-refractivity contribution in [2.45, 2.75) is 38.8 Å². The first-order valence-corrected chi connectivity index (χ1v) is 6.77. The Morgan fingerprint density at radius 1 is 1.32 bits per heavy atom. The molecule has 0 aliphatic heterocycles. The lowest BCUT2D eigenvalue weighted by Gasteiger charge is -2.26. The second kappa shape index (κ2) is 7.92. The molecule has 1 unspecified atom stereocenters. The van der Waals surface area contributed by atoms with Crippen LogP contribution in [0.2, 0.25) is 0 Å². The molecule has 1 amide bonds. The number of carbonyl (C=O) groups excluding carboxylic acids is 1. The molecule has 4 nitrogen and oxygen atoms in total. The van der Waals surface area contributed by atoms with E-state index < -0.39 is 0 Å².